The number of hydrogen-bond donors (Lipinski definition) is 2. The van der Waals surface area contributed by atoms with Gasteiger partial charge in [-0.05, 0) is 29.8 Å². The SMILES string of the molecule is O=c1[nH]cc2c(c1-c1ccc(Cl)cc1)Nc1ccccc1S2(=O)=O. The number of halogens is 1. The van der Waals surface area contributed by atoms with Crippen LogP contribution in [0.2, 0.25) is 5.02 Å². The van der Waals surface area contributed by atoms with Crippen LogP contribution in [0.3, 0.4) is 0 Å². The number of nitrogens with one attached hydrogen (secondary N) is 2. The third-order valence-corrected chi connectivity index (χ3v) is 6.00. The molecule has 0 spiro atoms. The van der Waals surface area contributed by atoms with Crippen molar-refractivity contribution in [2.45, 2.75) is 9.79 Å². The number of hydrogen-bond acceptors (Lipinski definition) is 4. The Labute approximate surface area is 142 Å². The fourth-order valence-corrected chi connectivity index (χ4v) is 4.46. The van der Waals surface area contributed by atoms with Gasteiger partial charge >= 0.3 is 0 Å². The molecule has 0 fully saturated rings. The van der Waals surface area contributed by atoms with Crippen LogP contribution in [0.1, 0.15) is 0 Å². The third-order valence-electron chi connectivity index (χ3n) is 3.92. The van der Waals surface area contributed by atoms with Crippen molar-refractivity contribution in [3.8, 4) is 11.1 Å². The summed E-state index contributed by atoms with van der Waals surface area (Å²) in [6.07, 6.45) is 1.23. The standard InChI is InChI=1S/C17H11ClN2O3S/c18-11-7-5-10(6-8-11)15-16-14(9-19-17(15)21)24(22,23)13-4-2-1-3-12(13)20-16/h1-9,20H,(H,19,21). The van der Waals surface area contributed by atoms with Gasteiger partial charge in [0.05, 0.1) is 21.8 Å². The fourth-order valence-electron chi connectivity index (χ4n) is 2.80. The lowest BCUT2D eigenvalue weighted by molar-refractivity contribution is 0.595. The maximum absolute atomic E-state index is 12.9. The van der Waals surface area contributed by atoms with Crippen LogP contribution in [0.4, 0.5) is 11.4 Å². The second kappa shape index (κ2) is 5.22. The summed E-state index contributed by atoms with van der Waals surface area (Å²) in [6.45, 7) is 0. The smallest absolute Gasteiger partial charge is 0.258 e. The molecule has 3 aromatic rings. The highest BCUT2D eigenvalue weighted by Crippen LogP contribution is 2.42. The van der Waals surface area contributed by atoms with E-state index in [0.29, 0.717) is 16.3 Å². The summed E-state index contributed by atoms with van der Waals surface area (Å²) < 4.78 is 25.7. The molecule has 5 nitrogen and oxygen atoms in total. The molecule has 2 N–H and O–H groups in total. The molecule has 0 saturated carbocycles. The van der Waals surface area contributed by atoms with Crippen LogP contribution >= 0.6 is 11.6 Å². The summed E-state index contributed by atoms with van der Waals surface area (Å²) in [6, 6.07) is 13.3. The van der Waals surface area contributed by atoms with E-state index in [-0.39, 0.29) is 26.6 Å². The van der Waals surface area contributed by atoms with Gasteiger partial charge in [0, 0.05) is 11.2 Å². The molecule has 1 aromatic heterocycles. The second-order valence-corrected chi connectivity index (χ2v) is 7.69. The van der Waals surface area contributed by atoms with Crippen molar-refractivity contribution in [1.29, 1.82) is 0 Å². The van der Waals surface area contributed by atoms with Gasteiger partial charge in [0.15, 0.2) is 0 Å². The summed E-state index contributed by atoms with van der Waals surface area (Å²) >= 11 is 5.90. The molecule has 0 aliphatic carbocycles. The second-order valence-electron chi connectivity index (χ2n) is 5.36. The summed E-state index contributed by atoms with van der Waals surface area (Å²) in [5.74, 6) is 0. The number of rotatable bonds is 1. The Morgan fingerprint density at radius 3 is 2.38 bits per heavy atom. The van der Waals surface area contributed by atoms with Gasteiger partial charge in [-0.2, -0.15) is 0 Å². The molecule has 7 heteroatoms. The molecule has 0 bridgehead atoms. The van der Waals surface area contributed by atoms with Gasteiger partial charge in [0.2, 0.25) is 9.84 Å². The van der Waals surface area contributed by atoms with E-state index in [9.17, 15) is 13.2 Å². The molecule has 1 aliphatic heterocycles. The van der Waals surface area contributed by atoms with E-state index in [4.69, 9.17) is 11.6 Å². The van der Waals surface area contributed by atoms with Gasteiger partial charge < -0.3 is 10.3 Å². The number of fused-ring (bicyclic) bond motifs is 2. The first kappa shape index (κ1) is 15.0. The minimum absolute atomic E-state index is 0.0470. The summed E-state index contributed by atoms with van der Waals surface area (Å²) in [7, 11) is -3.72. The highest BCUT2D eigenvalue weighted by Gasteiger charge is 2.32. The Bertz CT molecular complexity index is 1120. The molecule has 24 heavy (non-hydrogen) atoms. The number of H-pyrrole nitrogens is 1. The zero-order valence-electron chi connectivity index (χ0n) is 12.2. The fraction of sp³-hybridized carbons (Fsp3) is 0. The molecule has 2 heterocycles. The van der Waals surface area contributed by atoms with E-state index >= 15 is 0 Å². The molecule has 2 aromatic carbocycles. The molecule has 0 saturated heterocycles. The first-order chi connectivity index (χ1) is 11.5. The minimum atomic E-state index is -3.72. The highest BCUT2D eigenvalue weighted by atomic mass is 35.5. The summed E-state index contributed by atoms with van der Waals surface area (Å²) in [5.41, 5.74) is 1.20. The average Bonchev–Trinajstić information content (AvgIpc) is 2.56. The van der Waals surface area contributed by atoms with E-state index in [0.717, 1.165) is 0 Å². The molecule has 1 aliphatic rings. The molecule has 4 rings (SSSR count). The van der Waals surface area contributed by atoms with E-state index in [1.807, 2.05) is 0 Å². The van der Waals surface area contributed by atoms with Gasteiger partial charge in [-0.25, -0.2) is 8.42 Å². The number of aromatic nitrogens is 1. The Morgan fingerprint density at radius 1 is 0.917 bits per heavy atom. The van der Waals surface area contributed by atoms with Crippen molar-refractivity contribution in [2.75, 3.05) is 5.32 Å². The normalized spacial score (nSPS) is 14.4. The number of para-hydroxylation sites is 1. The topological polar surface area (TPSA) is 79.0 Å². The zero-order chi connectivity index (χ0) is 16.9. The van der Waals surface area contributed by atoms with E-state index in [1.165, 1.54) is 12.3 Å². The van der Waals surface area contributed by atoms with Crippen LogP contribution < -0.4 is 10.9 Å². The predicted octanol–water partition coefficient (Wildman–Crippen LogP) is 3.59. The van der Waals surface area contributed by atoms with Crippen molar-refractivity contribution in [1.82, 2.24) is 4.98 Å². The molecule has 0 atom stereocenters. The maximum atomic E-state index is 12.9. The molecule has 120 valence electrons. The Morgan fingerprint density at radius 2 is 1.62 bits per heavy atom. The Balaban J connectivity index is 2.05. The van der Waals surface area contributed by atoms with Gasteiger partial charge in [-0.15, -0.1) is 0 Å². The number of aromatic amines is 1. The van der Waals surface area contributed by atoms with Crippen LogP contribution in [-0.2, 0) is 9.84 Å². The van der Waals surface area contributed by atoms with Gasteiger partial charge in [-0.1, -0.05) is 35.9 Å². The van der Waals surface area contributed by atoms with Crippen molar-refractivity contribution in [3.05, 3.63) is 70.1 Å². The Hall–Kier alpha value is -2.57. The molecule has 0 amide bonds. The Kier molecular flexibility index (Phi) is 3.26. The number of sulfone groups is 1. The van der Waals surface area contributed by atoms with Gasteiger partial charge in [0.25, 0.3) is 5.56 Å². The van der Waals surface area contributed by atoms with Crippen molar-refractivity contribution < 1.29 is 8.42 Å². The van der Waals surface area contributed by atoms with Gasteiger partial charge in [0.1, 0.15) is 4.90 Å². The van der Waals surface area contributed by atoms with E-state index in [1.54, 1.807) is 42.5 Å². The van der Waals surface area contributed by atoms with Crippen LogP contribution in [0.25, 0.3) is 11.1 Å². The quantitative estimate of drug-likeness (QED) is 0.545. The lowest BCUT2D eigenvalue weighted by Crippen LogP contribution is -2.20. The number of benzene rings is 2. The molecular weight excluding hydrogens is 348 g/mol. The first-order valence-electron chi connectivity index (χ1n) is 7.11. The largest absolute Gasteiger partial charge is 0.353 e. The highest BCUT2D eigenvalue weighted by molar-refractivity contribution is 7.92. The van der Waals surface area contributed by atoms with Crippen LogP contribution in [0.5, 0.6) is 0 Å². The molecule has 0 unspecified atom stereocenters. The van der Waals surface area contributed by atoms with Crippen LogP contribution in [0, 0.1) is 0 Å². The lowest BCUT2D eigenvalue weighted by Gasteiger charge is -2.23. The monoisotopic (exact) mass is 358 g/mol. The number of pyridine rings is 1. The van der Waals surface area contributed by atoms with Crippen LogP contribution in [-0.4, -0.2) is 13.4 Å². The average molecular weight is 359 g/mol. The summed E-state index contributed by atoms with van der Waals surface area (Å²) in [5, 5.41) is 3.62. The maximum Gasteiger partial charge on any atom is 0.258 e. The third kappa shape index (κ3) is 2.15. The molecular formula is C17H11ClN2O3S. The van der Waals surface area contributed by atoms with Crippen LogP contribution in [0.15, 0.2) is 69.3 Å². The summed E-state index contributed by atoms with van der Waals surface area (Å²) in [4.78, 5) is 15.1. The lowest BCUT2D eigenvalue weighted by atomic mass is 10.1. The van der Waals surface area contributed by atoms with Crippen molar-refractivity contribution in [2.24, 2.45) is 0 Å². The van der Waals surface area contributed by atoms with E-state index < -0.39 is 9.84 Å². The van der Waals surface area contributed by atoms with Crippen molar-refractivity contribution >= 4 is 32.8 Å². The van der Waals surface area contributed by atoms with E-state index in [2.05, 4.69) is 10.3 Å². The predicted molar refractivity (Wildman–Crippen MR) is 92.7 cm³/mol. The first-order valence-corrected chi connectivity index (χ1v) is 8.97. The zero-order valence-corrected chi connectivity index (χ0v) is 13.8. The number of anilines is 2. The molecule has 0 radical (unpaired) electrons. The van der Waals surface area contributed by atoms with Crippen molar-refractivity contribution in [3.63, 3.8) is 0 Å². The van der Waals surface area contributed by atoms with Gasteiger partial charge in [-0.3, -0.25) is 4.79 Å². The minimum Gasteiger partial charge on any atom is -0.353 e.